The number of hydrogen-bond donors (Lipinski definition) is 1. The van der Waals surface area contributed by atoms with Crippen molar-refractivity contribution in [2.75, 3.05) is 13.1 Å². The van der Waals surface area contributed by atoms with Crippen LogP contribution in [-0.2, 0) is 6.42 Å². The van der Waals surface area contributed by atoms with Crippen LogP contribution in [0.4, 0.5) is 0 Å². The number of rotatable bonds is 2. The van der Waals surface area contributed by atoms with Gasteiger partial charge in [-0.1, -0.05) is 30.3 Å². The molecule has 2 heterocycles. The highest BCUT2D eigenvalue weighted by Crippen LogP contribution is 2.41. The van der Waals surface area contributed by atoms with E-state index in [0.717, 1.165) is 50.1 Å². The van der Waals surface area contributed by atoms with Gasteiger partial charge in [-0.05, 0) is 87.8 Å². The Morgan fingerprint density at radius 3 is 2.21 bits per heavy atom. The number of fused-ring (bicyclic) bond motifs is 1. The van der Waals surface area contributed by atoms with E-state index >= 15 is 0 Å². The molecule has 1 spiro atoms. The van der Waals surface area contributed by atoms with E-state index in [-0.39, 0.29) is 11.1 Å². The van der Waals surface area contributed by atoms with E-state index in [4.69, 9.17) is 4.74 Å². The van der Waals surface area contributed by atoms with E-state index in [0.29, 0.717) is 0 Å². The summed E-state index contributed by atoms with van der Waals surface area (Å²) in [6.45, 7) is 10.9. The van der Waals surface area contributed by atoms with Crippen LogP contribution in [0.3, 0.4) is 0 Å². The van der Waals surface area contributed by atoms with Gasteiger partial charge < -0.3 is 9.84 Å². The molecule has 0 radical (unpaired) electrons. The Morgan fingerprint density at radius 1 is 0.964 bits per heavy atom. The standard InChI is InChI=1S/C25H33NO2/c1-18(27)19-5-7-20(8-6-19)21-9-10-23-22(17-21)11-12-25(28-23)13-15-26(16-14-25)24(2,3)4/h5-10,17-18,27H,11-16H2,1-4H3. The van der Waals surface area contributed by atoms with Crippen molar-refractivity contribution in [1.82, 2.24) is 4.90 Å². The monoisotopic (exact) mass is 379 g/mol. The van der Waals surface area contributed by atoms with Crippen molar-refractivity contribution in [2.24, 2.45) is 0 Å². The minimum absolute atomic E-state index is 0.0230. The van der Waals surface area contributed by atoms with Gasteiger partial charge in [-0.2, -0.15) is 0 Å². The van der Waals surface area contributed by atoms with Crippen molar-refractivity contribution in [1.29, 1.82) is 0 Å². The molecule has 1 atom stereocenters. The second kappa shape index (κ2) is 7.20. The van der Waals surface area contributed by atoms with Crippen molar-refractivity contribution in [3.05, 3.63) is 53.6 Å². The van der Waals surface area contributed by atoms with Crippen LogP contribution in [0.5, 0.6) is 5.75 Å². The number of piperidine rings is 1. The zero-order valence-corrected chi connectivity index (χ0v) is 17.7. The Kier molecular flexibility index (Phi) is 5.01. The SMILES string of the molecule is CC(O)c1ccc(-c2ccc3c(c2)CCC2(CCN(C(C)(C)C)CC2)O3)cc1. The van der Waals surface area contributed by atoms with Crippen LogP contribution >= 0.6 is 0 Å². The molecule has 4 rings (SSSR count). The normalized spacial score (nSPS) is 20.5. The fraction of sp³-hybridized carbons (Fsp3) is 0.520. The number of ether oxygens (including phenoxy) is 1. The molecule has 3 nitrogen and oxygen atoms in total. The van der Waals surface area contributed by atoms with E-state index < -0.39 is 6.10 Å². The van der Waals surface area contributed by atoms with Gasteiger partial charge in [0, 0.05) is 18.6 Å². The summed E-state index contributed by atoms with van der Waals surface area (Å²) in [5.41, 5.74) is 4.94. The molecule has 0 aliphatic carbocycles. The van der Waals surface area contributed by atoms with Crippen molar-refractivity contribution < 1.29 is 9.84 Å². The Morgan fingerprint density at radius 2 is 1.61 bits per heavy atom. The first kappa shape index (κ1) is 19.5. The van der Waals surface area contributed by atoms with E-state index in [9.17, 15) is 5.11 Å². The maximum absolute atomic E-state index is 9.71. The molecule has 0 amide bonds. The molecule has 28 heavy (non-hydrogen) atoms. The maximum atomic E-state index is 9.71. The Bertz CT molecular complexity index is 825. The third-order valence-electron chi connectivity index (χ3n) is 6.59. The number of hydrogen-bond acceptors (Lipinski definition) is 3. The van der Waals surface area contributed by atoms with Gasteiger partial charge in [0.25, 0.3) is 0 Å². The molecule has 1 unspecified atom stereocenters. The first-order valence-corrected chi connectivity index (χ1v) is 10.6. The van der Waals surface area contributed by atoms with Crippen molar-refractivity contribution >= 4 is 0 Å². The molecule has 1 fully saturated rings. The average molecular weight is 380 g/mol. The lowest BCUT2D eigenvalue weighted by Crippen LogP contribution is -2.54. The molecule has 2 aromatic carbocycles. The highest BCUT2D eigenvalue weighted by atomic mass is 16.5. The molecule has 0 bridgehead atoms. The highest BCUT2D eigenvalue weighted by molar-refractivity contribution is 5.66. The lowest BCUT2D eigenvalue weighted by molar-refractivity contribution is -0.0355. The zero-order chi connectivity index (χ0) is 19.9. The summed E-state index contributed by atoms with van der Waals surface area (Å²) in [6, 6.07) is 14.8. The summed E-state index contributed by atoms with van der Waals surface area (Å²) in [6.07, 6.45) is 4.01. The number of aliphatic hydroxyl groups excluding tert-OH is 1. The lowest BCUT2D eigenvalue weighted by atomic mass is 9.81. The second-order valence-electron chi connectivity index (χ2n) is 9.56. The summed E-state index contributed by atoms with van der Waals surface area (Å²) < 4.78 is 6.60. The highest BCUT2D eigenvalue weighted by Gasteiger charge is 2.41. The minimum Gasteiger partial charge on any atom is -0.487 e. The maximum Gasteiger partial charge on any atom is 0.123 e. The van der Waals surface area contributed by atoms with Gasteiger partial charge in [-0.25, -0.2) is 0 Å². The van der Waals surface area contributed by atoms with Gasteiger partial charge in [0.15, 0.2) is 0 Å². The molecule has 0 saturated carbocycles. The van der Waals surface area contributed by atoms with Crippen LogP contribution in [0, 0.1) is 0 Å². The van der Waals surface area contributed by atoms with Gasteiger partial charge in [0.05, 0.1) is 6.10 Å². The summed E-state index contributed by atoms with van der Waals surface area (Å²) in [4.78, 5) is 2.58. The van der Waals surface area contributed by atoms with Crippen molar-refractivity contribution in [3.8, 4) is 16.9 Å². The third kappa shape index (κ3) is 3.83. The van der Waals surface area contributed by atoms with Crippen LogP contribution in [0.2, 0.25) is 0 Å². The van der Waals surface area contributed by atoms with Gasteiger partial charge >= 0.3 is 0 Å². The fourth-order valence-corrected chi connectivity index (χ4v) is 4.59. The summed E-state index contributed by atoms with van der Waals surface area (Å²) in [5, 5.41) is 9.71. The average Bonchev–Trinajstić information content (AvgIpc) is 2.67. The molecular weight excluding hydrogens is 346 g/mol. The molecule has 1 N–H and O–H groups in total. The molecule has 2 aromatic rings. The third-order valence-corrected chi connectivity index (χ3v) is 6.59. The fourth-order valence-electron chi connectivity index (χ4n) is 4.59. The number of nitrogens with zero attached hydrogens (tertiary/aromatic N) is 1. The van der Waals surface area contributed by atoms with Gasteiger partial charge in [0.2, 0.25) is 0 Å². The molecule has 3 heteroatoms. The largest absolute Gasteiger partial charge is 0.487 e. The van der Waals surface area contributed by atoms with E-state index in [1.807, 2.05) is 12.1 Å². The van der Waals surface area contributed by atoms with Crippen molar-refractivity contribution in [3.63, 3.8) is 0 Å². The van der Waals surface area contributed by atoms with Crippen LogP contribution in [0.1, 0.15) is 64.2 Å². The Balaban J connectivity index is 1.49. The van der Waals surface area contributed by atoms with Crippen LogP contribution in [0.15, 0.2) is 42.5 Å². The van der Waals surface area contributed by atoms with Gasteiger partial charge in [-0.3, -0.25) is 4.90 Å². The second-order valence-corrected chi connectivity index (χ2v) is 9.56. The summed E-state index contributed by atoms with van der Waals surface area (Å²) in [5.74, 6) is 1.07. The predicted molar refractivity (Wildman–Crippen MR) is 115 cm³/mol. The molecule has 2 aliphatic rings. The molecule has 150 valence electrons. The van der Waals surface area contributed by atoms with Crippen LogP contribution in [-0.4, -0.2) is 34.2 Å². The summed E-state index contributed by atoms with van der Waals surface area (Å²) >= 11 is 0. The molecular formula is C25H33NO2. The van der Waals surface area contributed by atoms with E-state index in [2.05, 4.69) is 56.0 Å². The minimum atomic E-state index is -0.424. The van der Waals surface area contributed by atoms with E-state index in [1.165, 1.54) is 16.7 Å². The van der Waals surface area contributed by atoms with Crippen molar-refractivity contribution in [2.45, 2.75) is 70.6 Å². The van der Waals surface area contributed by atoms with Crippen LogP contribution < -0.4 is 4.74 Å². The number of benzene rings is 2. The van der Waals surface area contributed by atoms with Crippen LogP contribution in [0.25, 0.3) is 11.1 Å². The summed E-state index contributed by atoms with van der Waals surface area (Å²) in [7, 11) is 0. The van der Waals surface area contributed by atoms with Gasteiger partial charge in [0.1, 0.15) is 11.4 Å². The Hall–Kier alpha value is -1.84. The number of aliphatic hydroxyl groups is 1. The molecule has 0 aromatic heterocycles. The first-order chi connectivity index (χ1) is 13.3. The predicted octanol–water partition coefficient (Wildman–Crippen LogP) is 5.37. The number of aryl methyl sites for hydroxylation is 1. The smallest absolute Gasteiger partial charge is 0.123 e. The number of likely N-dealkylation sites (tertiary alicyclic amines) is 1. The zero-order valence-electron chi connectivity index (χ0n) is 17.7. The lowest BCUT2D eigenvalue weighted by Gasteiger charge is -2.48. The topological polar surface area (TPSA) is 32.7 Å². The Labute approximate surface area is 169 Å². The first-order valence-electron chi connectivity index (χ1n) is 10.6. The molecule has 2 aliphatic heterocycles. The quantitative estimate of drug-likeness (QED) is 0.762. The van der Waals surface area contributed by atoms with Gasteiger partial charge in [-0.15, -0.1) is 0 Å². The molecule has 1 saturated heterocycles. The van der Waals surface area contributed by atoms with E-state index in [1.54, 1.807) is 6.92 Å².